The van der Waals surface area contributed by atoms with Gasteiger partial charge in [-0.05, 0) is 58.9 Å². The molecule has 4 rings (SSSR count). The molecular weight excluding hydrogens is 408 g/mol. The summed E-state index contributed by atoms with van der Waals surface area (Å²) in [5.41, 5.74) is 9.35. The first-order valence-electron chi connectivity index (χ1n) is 10.4. The van der Waals surface area contributed by atoms with Crippen molar-refractivity contribution < 1.29 is 14.3 Å². The van der Waals surface area contributed by atoms with Crippen molar-refractivity contribution in [2.75, 3.05) is 6.61 Å². The molecule has 1 unspecified atom stereocenters. The third-order valence-electron chi connectivity index (χ3n) is 5.85. The number of carbonyl (C=O) groups excluding carboxylic acids is 2. The van der Waals surface area contributed by atoms with Crippen molar-refractivity contribution in [3.63, 3.8) is 0 Å². The molecule has 160 valence electrons. The first-order valence-corrected chi connectivity index (χ1v) is 11.2. The van der Waals surface area contributed by atoms with Gasteiger partial charge in [0, 0.05) is 10.3 Å². The van der Waals surface area contributed by atoms with Crippen molar-refractivity contribution in [1.29, 1.82) is 0 Å². The molecule has 0 saturated heterocycles. The van der Waals surface area contributed by atoms with Crippen LogP contribution in [0.5, 0.6) is 0 Å². The Hall–Kier alpha value is -2.99. The number of fused-ring (bicyclic) bond motifs is 2. The lowest BCUT2D eigenvalue weighted by Gasteiger charge is -2.36. The van der Waals surface area contributed by atoms with Crippen LogP contribution in [0.1, 0.15) is 53.7 Å². The minimum absolute atomic E-state index is 0.0479. The van der Waals surface area contributed by atoms with Gasteiger partial charge in [-0.2, -0.15) is 0 Å². The van der Waals surface area contributed by atoms with E-state index in [0.29, 0.717) is 11.5 Å². The lowest BCUT2D eigenvalue weighted by atomic mass is 9.69. The molecule has 31 heavy (non-hydrogen) atoms. The van der Waals surface area contributed by atoms with Crippen molar-refractivity contribution in [3.05, 3.63) is 63.5 Å². The number of ether oxygens (including phenoxy) is 1. The van der Waals surface area contributed by atoms with E-state index in [1.807, 2.05) is 30.3 Å². The van der Waals surface area contributed by atoms with Gasteiger partial charge in [0.1, 0.15) is 0 Å². The van der Waals surface area contributed by atoms with Crippen LogP contribution in [0.25, 0.3) is 22.6 Å². The Morgan fingerprint density at radius 1 is 1.19 bits per heavy atom. The SMILES string of the molecule is CC(C)(C)C1C/C(=C\c2cccs2)c2nc3ccccc3c(C(=O)OCC(N)=O)c2C1. The molecule has 1 amide bonds. The van der Waals surface area contributed by atoms with E-state index in [1.54, 1.807) is 11.3 Å². The Labute approximate surface area is 185 Å². The average molecular weight is 435 g/mol. The van der Waals surface area contributed by atoms with Gasteiger partial charge in [0.15, 0.2) is 6.61 Å². The van der Waals surface area contributed by atoms with Crippen LogP contribution in [0.2, 0.25) is 0 Å². The number of benzene rings is 1. The van der Waals surface area contributed by atoms with Crippen molar-refractivity contribution in [1.82, 2.24) is 4.98 Å². The third kappa shape index (κ3) is 4.39. The number of aromatic nitrogens is 1. The van der Waals surface area contributed by atoms with E-state index in [0.717, 1.165) is 45.5 Å². The number of nitrogens with two attached hydrogens (primary N) is 1. The fourth-order valence-corrected chi connectivity index (χ4v) is 4.80. The summed E-state index contributed by atoms with van der Waals surface area (Å²) in [6.07, 6.45) is 3.79. The molecule has 2 N–H and O–H groups in total. The van der Waals surface area contributed by atoms with Crippen molar-refractivity contribution in [3.8, 4) is 0 Å². The summed E-state index contributed by atoms with van der Waals surface area (Å²) in [5, 5.41) is 2.79. The van der Waals surface area contributed by atoms with E-state index in [1.165, 1.54) is 0 Å². The summed E-state index contributed by atoms with van der Waals surface area (Å²) in [6.45, 7) is 6.24. The zero-order chi connectivity index (χ0) is 22.2. The van der Waals surface area contributed by atoms with Crippen LogP contribution in [0, 0.1) is 11.3 Å². The number of rotatable bonds is 4. The zero-order valence-electron chi connectivity index (χ0n) is 18.0. The highest BCUT2D eigenvalue weighted by molar-refractivity contribution is 7.10. The van der Waals surface area contributed by atoms with Gasteiger partial charge in [-0.3, -0.25) is 4.79 Å². The maximum Gasteiger partial charge on any atom is 0.339 e. The second kappa shape index (κ2) is 8.27. The van der Waals surface area contributed by atoms with Crippen LogP contribution in [0.15, 0.2) is 41.8 Å². The summed E-state index contributed by atoms with van der Waals surface area (Å²) in [7, 11) is 0. The van der Waals surface area contributed by atoms with E-state index < -0.39 is 18.5 Å². The number of carbonyl (C=O) groups is 2. The Morgan fingerprint density at radius 3 is 2.65 bits per heavy atom. The van der Waals surface area contributed by atoms with Crippen molar-refractivity contribution in [2.45, 2.75) is 33.6 Å². The number of esters is 1. The molecule has 6 heteroatoms. The molecule has 3 aromatic rings. The number of pyridine rings is 1. The van der Waals surface area contributed by atoms with Gasteiger partial charge in [-0.25, -0.2) is 9.78 Å². The van der Waals surface area contributed by atoms with Gasteiger partial charge in [0.2, 0.25) is 0 Å². The molecule has 0 radical (unpaired) electrons. The van der Waals surface area contributed by atoms with Crippen LogP contribution in [0.4, 0.5) is 0 Å². The predicted molar refractivity (Wildman–Crippen MR) is 125 cm³/mol. The summed E-state index contributed by atoms with van der Waals surface area (Å²) >= 11 is 1.68. The maximum absolute atomic E-state index is 13.1. The molecule has 2 heterocycles. The smallest absolute Gasteiger partial charge is 0.339 e. The number of hydrogen-bond acceptors (Lipinski definition) is 5. The number of nitrogens with zero attached hydrogens (tertiary/aromatic N) is 1. The fourth-order valence-electron chi connectivity index (χ4n) is 4.12. The summed E-state index contributed by atoms with van der Waals surface area (Å²) < 4.78 is 5.27. The Morgan fingerprint density at radius 2 is 1.97 bits per heavy atom. The second-order valence-electron chi connectivity index (χ2n) is 9.03. The van der Waals surface area contributed by atoms with Gasteiger partial charge in [0.05, 0.1) is 16.8 Å². The maximum atomic E-state index is 13.1. The van der Waals surface area contributed by atoms with Gasteiger partial charge in [-0.1, -0.05) is 45.0 Å². The number of amides is 1. The lowest BCUT2D eigenvalue weighted by Crippen LogP contribution is -2.29. The molecule has 0 bridgehead atoms. The fraction of sp³-hybridized carbons (Fsp3) is 0.320. The number of para-hydroxylation sites is 1. The van der Waals surface area contributed by atoms with Crippen LogP contribution in [0.3, 0.4) is 0 Å². The van der Waals surface area contributed by atoms with Crippen LogP contribution in [-0.2, 0) is 16.0 Å². The monoisotopic (exact) mass is 434 g/mol. The van der Waals surface area contributed by atoms with E-state index in [4.69, 9.17) is 15.5 Å². The van der Waals surface area contributed by atoms with Crippen LogP contribution >= 0.6 is 11.3 Å². The van der Waals surface area contributed by atoms with Gasteiger partial charge < -0.3 is 10.5 Å². The van der Waals surface area contributed by atoms with Crippen molar-refractivity contribution >= 4 is 45.8 Å². The summed E-state index contributed by atoms with van der Waals surface area (Å²) in [6, 6.07) is 11.7. The minimum Gasteiger partial charge on any atom is -0.452 e. The highest BCUT2D eigenvalue weighted by Gasteiger charge is 2.35. The molecule has 0 fully saturated rings. The highest BCUT2D eigenvalue weighted by Crippen LogP contribution is 2.45. The van der Waals surface area contributed by atoms with E-state index in [9.17, 15) is 9.59 Å². The van der Waals surface area contributed by atoms with E-state index in [-0.39, 0.29) is 5.41 Å². The molecule has 1 atom stereocenters. The summed E-state index contributed by atoms with van der Waals surface area (Å²) in [4.78, 5) is 30.5. The Kier molecular flexibility index (Phi) is 5.67. The van der Waals surface area contributed by atoms with Crippen molar-refractivity contribution in [2.24, 2.45) is 17.1 Å². The molecule has 0 saturated carbocycles. The van der Waals surface area contributed by atoms with Crippen LogP contribution in [-0.4, -0.2) is 23.5 Å². The number of primary amides is 1. The molecule has 1 aliphatic rings. The molecule has 0 spiro atoms. The molecular formula is C25H26N2O3S. The third-order valence-corrected chi connectivity index (χ3v) is 6.67. The average Bonchev–Trinajstić information content (AvgIpc) is 3.22. The second-order valence-corrected chi connectivity index (χ2v) is 10.0. The largest absolute Gasteiger partial charge is 0.452 e. The molecule has 0 aliphatic heterocycles. The van der Waals surface area contributed by atoms with E-state index in [2.05, 4.69) is 38.3 Å². The number of allylic oxidation sites excluding steroid dienone is 1. The number of thiophene rings is 1. The molecule has 1 aliphatic carbocycles. The standard InChI is InChI=1S/C25H26N2O3S/c1-25(2,3)16-11-15(12-17-7-6-10-31-17)23-19(13-16)22(24(29)30-14-21(26)28)18-8-4-5-9-20(18)27-23/h4-10,12,16H,11,13-14H2,1-3H3,(H2,26,28)/b15-12+. The Bertz CT molecular complexity index is 1170. The zero-order valence-corrected chi connectivity index (χ0v) is 18.8. The first-order chi connectivity index (χ1) is 14.7. The highest BCUT2D eigenvalue weighted by atomic mass is 32.1. The quantitative estimate of drug-likeness (QED) is 0.580. The van der Waals surface area contributed by atoms with Gasteiger partial charge in [0.25, 0.3) is 5.91 Å². The van der Waals surface area contributed by atoms with E-state index >= 15 is 0 Å². The number of hydrogen-bond donors (Lipinski definition) is 1. The Balaban J connectivity index is 1.95. The van der Waals surface area contributed by atoms with Crippen LogP contribution < -0.4 is 5.73 Å². The first kappa shape index (κ1) is 21.2. The summed E-state index contributed by atoms with van der Waals surface area (Å²) in [5.74, 6) is -0.873. The lowest BCUT2D eigenvalue weighted by molar-refractivity contribution is -0.121. The molecule has 5 nitrogen and oxygen atoms in total. The van der Waals surface area contributed by atoms with Gasteiger partial charge >= 0.3 is 5.97 Å². The molecule has 1 aromatic carbocycles. The predicted octanol–water partition coefficient (Wildman–Crippen LogP) is 5.09. The normalized spacial score (nSPS) is 17.5. The van der Waals surface area contributed by atoms with Gasteiger partial charge in [-0.15, -0.1) is 11.3 Å². The topological polar surface area (TPSA) is 82.3 Å². The molecule has 2 aromatic heterocycles. The minimum atomic E-state index is -0.675.